The molecule has 0 bridgehead atoms. The summed E-state index contributed by atoms with van der Waals surface area (Å²) in [5.41, 5.74) is 3.24. The van der Waals surface area contributed by atoms with Gasteiger partial charge in [0.2, 0.25) is 0 Å². The number of hydrogen-bond acceptors (Lipinski definition) is 7. The number of nitriles is 1. The SMILES string of the molecule is CSc1nsc(N/N=C\c2ccc(F)s2)c1C#N. The molecule has 92 valence electrons. The van der Waals surface area contributed by atoms with Crippen molar-refractivity contribution in [2.75, 3.05) is 11.7 Å². The van der Waals surface area contributed by atoms with Crippen LogP contribution in [-0.2, 0) is 0 Å². The Balaban J connectivity index is 2.09. The van der Waals surface area contributed by atoms with Crippen molar-refractivity contribution in [1.29, 1.82) is 5.26 Å². The first-order valence-corrected chi connectivity index (χ1v) is 7.54. The molecule has 0 unspecified atom stereocenters. The molecule has 0 fully saturated rings. The number of rotatable bonds is 4. The Labute approximate surface area is 115 Å². The fourth-order valence-corrected chi connectivity index (χ4v) is 3.16. The van der Waals surface area contributed by atoms with Crippen LogP contribution in [0.3, 0.4) is 0 Å². The number of halogens is 1. The number of hydrogen-bond donors (Lipinski definition) is 1. The fourth-order valence-electron chi connectivity index (χ4n) is 1.14. The molecule has 0 amide bonds. The molecule has 4 nitrogen and oxygen atoms in total. The molecule has 0 saturated carbocycles. The van der Waals surface area contributed by atoms with Gasteiger partial charge in [-0.1, -0.05) is 0 Å². The predicted molar refractivity (Wildman–Crippen MR) is 74.1 cm³/mol. The molecule has 0 radical (unpaired) electrons. The Kier molecular flexibility index (Phi) is 4.30. The molecule has 1 N–H and O–H groups in total. The number of nitrogens with one attached hydrogen (secondary N) is 1. The molecule has 8 heteroatoms. The number of thioether (sulfide) groups is 1. The maximum absolute atomic E-state index is 12.7. The first-order valence-electron chi connectivity index (χ1n) is 4.72. The van der Waals surface area contributed by atoms with Gasteiger partial charge in [-0.3, -0.25) is 5.43 Å². The van der Waals surface area contributed by atoms with Crippen LogP contribution in [0.15, 0.2) is 22.3 Å². The normalized spacial score (nSPS) is 10.7. The van der Waals surface area contributed by atoms with Crippen LogP contribution in [0, 0.1) is 16.5 Å². The highest BCUT2D eigenvalue weighted by Crippen LogP contribution is 2.29. The van der Waals surface area contributed by atoms with Gasteiger partial charge in [0.25, 0.3) is 0 Å². The Bertz CT molecular complexity index is 611. The highest BCUT2D eigenvalue weighted by molar-refractivity contribution is 7.98. The highest BCUT2D eigenvalue weighted by Gasteiger charge is 2.11. The lowest BCUT2D eigenvalue weighted by atomic mass is 10.4. The van der Waals surface area contributed by atoms with Gasteiger partial charge in [0.1, 0.15) is 21.7 Å². The number of anilines is 1. The Morgan fingerprint density at radius 3 is 3.06 bits per heavy atom. The summed E-state index contributed by atoms with van der Waals surface area (Å²) in [7, 11) is 0. The Morgan fingerprint density at radius 2 is 2.44 bits per heavy atom. The van der Waals surface area contributed by atoms with E-state index < -0.39 is 0 Å². The van der Waals surface area contributed by atoms with Gasteiger partial charge in [0.15, 0.2) is 5.13 Å². The molecule has 2 aromatic rings. The molecule has 18 heavy (non-hydrogen) atoms. The average Bonchev–Trinajstić information content (AvgIpc) is 2.95. The molecule has 0 aromatic carbocycles. The lowest BCUT2D eigenvalue weighted by molar-refractivity contribution is 0.657. The van der Waals surface area contributed by atoms with Crippen molar-refractivity contribution in [3.05, 3.63) is 27.7 Å². The minimum Gasteiger partial charge on any atom is -0.266 e. The summed E-state index contributed by atoms with van der Waals surface area (Å²) in [5, 5.41) is 14.0. The minimum atomic E-state index is -0.253. The van der Waals surface area contributed by atoms with Gasteiger partial charge in [-0.25, -0.2) is 0 Å². The van der Waals surface area contributed by atoms with E-state index >= 15 is 0 Å². The fraction of sp³-hybridized carbons (Fsp3) is 0.100. The van der Waals surface area contributed by atoms with Crippen LogP contribution in [0.2, 0.25) is 0 Å². The second-order valence-electron chi connectivity index (χ2n) is 3.02. The van der Waals surface area contributed by atoms with Gasteiger partial charge in [-0.05, 0) is 29.9 Å². The largest absolute Gasteiger partial charge is 0.266 e. The van der Waals surface area contributed by atoms with Crippen molar-refractivity contribution in [3.8, 4) is 6.07 Å². The maximum Gasteiger partial charge on any atom is 0.177 e. The Hall–Kier alpha value is -1.43. The van der Waals surface area contributed by atoms with Gasteiger partial charge >= 0.3 is 0 Å². The lowest BCUT2D eigenvalue weighted by Gasteiger charge is -1.94. The molecular weight excluding hydrogens is 291 g/mol. The smallest absolute Gasteiger partial charge is 0.177 e. The van der Waals surface area contributed by atoms with Crippen molar-refractivity contribution in [2.45, 2.75) is 5.03 Å². The summed E-state index contributed by atoms with van der Waals surface area (Å²) in [5.74, 6) is 0. The van der Waals surface area contributed by atoms with E-state index in [2.05, 4.69) is 21.0 Å². The molecule has 0 atom stereocenters. The van der Waals surface area contributed by atoms with Crippen LogP contribution in [0.25, 0.3) is 0 Å². The third-order valence-electron chi connectivity index (χ3n) is 1.92. The second kappa shape index (κ2) is 5.95. The van der Waals surface area contributed by atoms with E-state index in [1.165, 1.54) is 35.6 Å². The van der Waals surface area contributed by atoms with E-state index in [4.69, 9.17) is 5.26 Å². The van der Waals surface area contributed by atoms with Gasteiger partial charge in [-0.15, -0.1) is 23.1 Å². The summed E-state index contributed by atoms with van der Waals surface area (Å²) in [4.78, 5) is 0.702. The van der Waals surface area contributed by atoms with E-state index in [9.17, 15) is 4.39 Å². The van der Waals surface area contributed by atoms with Crippen LogP contribution >= 0.6 is 34.6 Å². The predicted octanol–water partition coefficient (Wildman–Crippen LogP) is 3.38. The van der Waals surface area contributed by atoms with Crippen LogP contribution in [0.5, 0.6) is 0 Å². The standard InChI is InChI=1S/C10H7FN4S3/c1-16-10-7(4-12)9(18-15-10)14-13-5-6-2-3-8(11)17-6/h2-3,5,14H,1H3/b13-5-. The van der Waals surface area contributed by atoms with Crippen molar-refractivity contribution < 1.29 is 4.39 Å². The first kappa shape index (κ1) is 13.0. The molecule has 0 spiro atoms. The monoisotopic (exact) mass is 298 g/mol. The summed E-state index contributed by atoms with van der Waals surface area (Å²) < 4.78 is 16.9. The zero-order valence-corrected chi connectivity index (χ0v) is 11.6. The van der Waals surface area contributed by atoms with Crippen molar-refractivity contribution in [2.24, 2.45) is 5.10 Å². The van der Waals surface area contributed by atoms with E-state index in [0.29, 0.717) is 20.5 Å². The van der Waals surface area contributed by atoms with E-state index in [0.717, 1.165) is 11.3 Å². The van der Waals surface area contributed by atoms with Crippen molar-refractivity contribution in [1.82, 2.24) is 4.37 Å². The zero-order valence-electron chi connectivity index (χ0n) is 9.18. The molecule has 0 aliphatic carbocycles. The Morgan fingerprint density at radius 1 is 1.61 bits per heavy atom. The summed E-state index contributed by atoms with van der Waals surface area (Å²) in [6, 6.07) is 5.10. The molecule has 0 aliphatic heterocycles. The highest BCUT2D eigenvalue weighted by atomic mass is 32.2. The first-order chi connectivity index (χ1) is 8.74. The zero-order chi connectivity index (χ0) is 13.0. The van der Waals surface area contributed by atoms with Crippen LogP contribution in [0.1, 0.15) is 10.4 Å². The molecule has 0 saturated heterocycles. The molecule has 2 aromatic heterocycles. The number of thiophene rings is 1. The number of nitrogens with zero attached hydrogens (tertiary/aromatic N) is 3. The van der Waals surface area contributed by atoms with Crippen LogP contribution < -0.4 is 5.43 Å². The maximum atomic E-state index is 12.7. The summed E-state index contributed by atoms with van der Waals surface area (Å²) in [6.45, 7) is 0. The van der Waals surface area contributed by atoms with Gasteiger partial charge in [0, 0.05) is 0 Å². The van der Waals surface area contributed by atoms with Gasteiger partial charge < -0.3 is 0 Å². The third-order valence-corrected chi connectivity index (χ3v) is 4.28. The van der Waals surface area contributed by atoms with E-state index in [1.807, 2.05) is 6.26 Å². The number of aromatic nitrogens is 1. The van der Waals surface area contributed by atoms with E-state index in [1.54, 1.807) is 6.07 Å². The second-order valence-corrected chi connectivity index (χ2v) is 5.65. The van der Waals surface area contributed by atoms with Crippen LogP contribution in [-0.4, -0.2) is 16.8 Å². The van der Waals surface area contributed by atoms with Crippen molar-refractivity contribution in [3.63, 3.8) is 0 Å². The van der Waals surface area contributed by atoms with E-state index in [-0.39, 0.29) is 5.13 Å². The van der Waals surface area contributed by atoms with Gasteiger partial charge in [-0.2, -0.15) is 19.1 Å². The van der Waals surface area contributed by atoms with Crippen molar-refractivity contribution >= 4 is 45.8 Å². The van der Waals surface area contributed by atoms with Gasteiger partial charge in [0.05, 0.1) is 11.1 Å². The topological polar surface area (TPSA) is 61.1 Å². The summed E-state index contributed by atoms with van der Waals surface area (Å²) >= 11 is 3.59. The van der Waals surface area contributed by atoms with Crippen LogP contribution in [0.4, 0.5) is 9.39 Å². The molecular formula is C10H7FN4S3. The summed E-state index contributed by atoms with van der Waals surface area (Å²) in [6.07, 6.45) is 3.37. The number of hydrazone groups is 1. The minimum absolute atomic E-state index is 0.253. The lowest BCUT2D eigenvalue weighted by Crippen LogP contribution is -1.89. The quantitative estimate of drug-likeness (QED) is 0.534. The average molecular weight is 298 g/mol. The third kappa shape index (κ3) is 2.87. The molecule has 0 aliphatic rings. The molecule has 2 rings (SSSR count). The molecule has 2 heterocycles.